The molecule has 40 valence electrons. The molecule has 0 bridgehead atoms. The Hall–Kier alpha value is 0.467. The molecule has 0 fully saturated rings. The van der Waals surface area contributed by atoms with Gasteiger partial charge in [-0.2, -0.15) is 11.1 Å². The largest absolute Gasteiger partial charge is 0.412 e. The monoisotopic (exact) mass is 126 g/mol. The van der Waals surface area contributed by atoms with Crippen LogP contribution in [-0.4, -0.2) is 12.9 Å². The van der Waals surface area contributed by atoms with Crippen molar-refractivity contribution in [1.29, 1.82) is 0 Å². The molecule has 0 saturated heterocycles. The molecule has 0 heterocycles. The molecule has 0 rings (SSSR count). The van der Waals surface area contributed by atoms with Crippen molar-refractivity contribution >= 4 is 18.5 Å². The van der Waals surface area contributed by atoms with Crippen LogP contribution in [0.1, 0.15) is 0 Å². The fourth-order valence-electron chi connectivity index (χ4n) is 0. The summed E-state index contributed by atoms with van der Waals surface area (Å²) in [7, 11) is -1.14. The molecule has 0 unspecified atom stereocenters. The standard InChI is InChI=1S/C3H9ClSi.H2O/c1-5(2,3)4;/h1-3H3;1H2. The van der Waals surface area contributed by atoms with E-state index in [1.165, 1.54) is 0 Å². The van der Waals surface area contributed by atoms with Gasteiger partial charge in [0.1, 0.15) is 7.38 Å². The van der Waals surface area contributed by atoms with Gasteiger partial charge in [-0.3, -0.25) is 0 Å². The van der Waals surface area contributed by atoms with Crippen LogP contribution in [0, 0.1) is 0 Å². The molecule has 0 aromatic heterocycles. The molecule has 6 heavy (non-hydrogen) atoms. The minimum Gasteiger partial charge on any atom is -0.412 e. The van der Waals surface area contributed by atoms with Gasteiger partial charge < -0.3 is 5.48 Å². The molecule has 0 atom stereocenters. The molecule has 0 aromatic carbocycles. The summed E-state index contributed by atoms with van der Waals surface area (Å²) in [6.07, 6.45) is 0. The van der Waals surface area contributed by atoms with Crippen molar-refractivity contribution in [3.05, 3.63) is 0 Å². The lowest BCUT2D eigenvalue weighted by Gasteiger charge is -1.97. The number of hydrogen-bond acceptors (Lipinski definition) is 0. The fraction of sp³-hybridized carbons (Fsp3) is 1.00. The van der Waals surface area contributed by atoms with Crippen LogP contribution in [-0.2, 0) is 0 Å². The van der Waals surface area contributed by atoms with Gasteiger partial charge in [0.2, 0.25) is 0 Å². The Bertz CT molecular complexity index is 26.3. The van der Waals surface area contributed by atoms with E-state index >= 15 is 0 Å². The summed E-state index contributed by atoms with van der Waals surface area (Å²) in [5, 5.41) is 0. The lowest BCUT2D eigenvalue weighted by atomic mass is 11.8. The maximum Gasteiger partial charge on any atom is 0.147 e. The molecule has 0 spiro atoms. The summed E-state index contributed by atoms with van der Waals surface area (Å²) in [4.78, 5) is 0. The van der Waals surface area contributed by atoms with Crippen LogP contribution in [0.25, 0.3) is 0 Å². The summed E-state index contributed by atoms with van der Waals surface area (Å²) in [6.45, 7) is 6.28. The fourth-order valence-corrected chi connectivity index (χ4v) is 0. The summed E-state index contributed by atoms with van der Waals surface area (Å²) < 4.78 is 0. The highest BCUT2D eigenvalue weighted by atomic mass is 35.6. The van der Waals surface area contributed by atoms with Crippen molar-refractivity contribution in [2.75, 3.05) is 0 Å². The topological polar surface area (TPSA) is 31.5 Å². The molecule has 0 aliphatic rings. The Morgan fingerprint density at radius 1 is 1.17 bits per heavy atom. The average Bonchev–Trinajstić information content (AvgIpc) is 0.722. The summed E-state index contributed by atoms with van der Waals surface area (Å²) in [5.41, 5.74) is 0. The molecule has 2 N–H and O–H groups in total. The lowest BCUT2D eigenvalue weighted by Crippen LogP contribution is -2.06. The summed E-state index contributed by atoms with van der Waals surface area (Å²) in [6, 6.07) is 0. The van der Waals surface area contributed by atoms with Crippen molar-refractivity contribution in [1.82, 2.24) is 0 Å². The van der Waals surface area contributed by atoms with Crippen LogP contribution in [0.3, 0.4) is 0 Å². The molecular formula is C3H11ClOSi. The predicted molar refractivity (Wildman–Crippen MR) is 32.8 cm³/mol. The van der Waals surface area contributed by atoms with E-state index in [2.05, 4.69) is 19.6 Å². The third-order valence-corrected chi connectivity index (χ3v) is 0. The molecule has 0 aliphatic carbocycles. The molecule has 1 nitrogen and oxygen atoms in total. The van der Waals surface area contributed by atoms with Gasteiger partial charge in [-0.15, -0.1) is 0 Å². The first-order valence-electron chi connectivity index (χ1n) is 1.69. The van der Waals surface area contributed by atoms with Crippen molar-refractivity contribution < 1.29 is 5.48 Å². The van der Waals surface area contributed by atoms with E-state index in [1.54, 1.807) is 0 Å². The normalized spacial score (nSPS) is 10.0. The molecule has 0 radical (unpaired) electrons. The molecule has 0 amide bonds. The average molecular weight is 127 g/mol. The Morgan fingerprint density at radius 3 is 1.17 bits per heavy atom. The highest BCUT2D eigenvalue weighted by molar-refractivity contribution is 7.18. The SMILES string of the molecule is C[Si](C)(C)Cl.O. The zero-order valence-electron chi connectivity index (χ0n) is 4.38. The van der Waals surface area contributed by atoms with Crippen molar-refractivity contribution in [2.24, 2.45) is 0 Å². The first-order chi connectivity index (χ1) is 2.00. The van der Waals surface area contributed by atoms with Crippen LogP contribution in [0.2, 0.25) is 19.6 Å². The van der Waals surface area contributed by atoms with Crippen LogP contribution >= 0.6 is 11.1 Å². The Labute approximate surface area is 44.3 Å². The second-order valence-electron chi connectivity index (χ2n) is 2.07. The van der Waals surface area contributed by atoms with E-state index in [0.29, 0.717) is 0 Å². The molecule has 0 saturated carbocycles. The second-order valence-corrected chi connectivity index (χ2v) is 9.60. The third-order valence-electron chi connectivity index (χ3n) is 0. The Kier molecular flexibility index (Phi) is 4.21. The van der Waals surface area contributed by atoms with Crippen molar-refractivity contribution in [2.45, 2.75) is 19.6 Å². The Balaban J connectivity index is 0. The molecule has 0 aliphatic heterocycles. The van der Waals surface area contributed by atoms with E-state index < -0.39 is 7.38 Å². The number of hydrogen-bond donors (Lipinski definition) is 0. The number of rotatable bonds is 0. The highest BCUT2D eigenvalue weighted by Crippen LogP contribution is 2.03. The van der Waals surface area contributed by atoms with E-state index in [1.807, 2.05) is 0 Å². The minimum absolute atomic E-state index is 0. The smallest absolute Gasteiger partial charge is 0.147 e. The van der Waals surface area contributed by atoms with Gasteiger partial charge in [-0.1, -0.05) is 19.6 Å². The van der Waals surface area contributed by atoms with Gasteiger partial charge in [0.25, 0.3) is 0 Å². The number of halogens is 1. The van der Waals surface area contributed by atoms with E-state index in [-0.39, 0.29) is 5.48 Å². The highest BCUT2D eigenvalue weighted by Gasteiger charge is 2.04. The first-order valence-corrected chi connectivity index (χ1v) is 6.20. The molecule has 3 heteroatoms. The van der Waals surface area contributed by atoms with Crippen molar-refractivity contribution in [3.63, 3.8) is 0 Å². The van der Waals surface area contributed by atoms with Crippen LogP contribution in [0.15, 0.2) is 0 Å². The second kappa shape index (κ2) is 2.61. The van der Waals surface area contributed by atoms with Gasteiger partial charge in [0, 0.05) is 0 Å². The van der Waals surface area contributed by atoms with Gasteiger partial charge in [0.05, 0.1) is 0 Å². The summed E-state index contributed by atoms with van der Waals surface area (Å²) >= 11 is 5.67. The van der Waals surface area contributed by atoms with E-state index in [4.69, 9.17) is 11.1 Å². The van der Waals surface area contributed by atoms with E-state index in [9.17, 15) is 0 Å². The quantitative estimate of drug-likeness (QED) is 0.346. The molecular weight excluding hydrogens is 116 g/mol. The van der Waals surface area contributed by atoms with Crippen molar-refractivity contribution in [3.8, 4) is 0 Å². The predicted octanol–water partition coefficient (Wildman–Crippen LogP) is 1.24. The zero-order valence-corrected chi connectivity index (χ0v) is 6.13. The van der Waals surface area contributed by atoms with Crippen LogP contribution < -0.4 is 0 Å². The van der Waals surface area contributed by atoms with Gasteiger partial charge in [-0.05, 0) is 0 Å². The lowest BCUT2D eigenvalue weighted by molar-refractivity contribution is 0.824. The van der Waals surface area contributed by atoms with Crippen LogP contribution in [0.4, 0.5) is 0 Å². The van der Waals surface area contributed by atoms with E-state index in [0.717, 1.165) is 0 Å². The Morgan fingerprint density at radius 2 is 1.17 bits per heavy atom. The maximum absolute atomic E-state index is 5.67. The van der Waals surface area contributed by atoms with Gasteiger partial charge in [-0.25, -0.2) is 0 Å². The van der Waals surface area contributed by atoms with Crippen LogP contribution in [0.5, 0.6) is 0 Å². The zero-order chi connectivity index (χ0) is 4.50. The maximum atomic E-state index is 5.67. The van der Waals surface area contributed by atoms with Gasteiger partial charge in [0.15, 0.2) is 0 Å². The third kappa shape index (κ3) is 246. The van der Waals surface area contributed by atoms with Gasteiger partial charge >= 0.3 is 0 Å². The summed E-state index contributed by atoms with van der Waals surface area (Å²) in [5.74, 6) is 0. The first kappa shape index (κ1) is 9.69. The minimum atomic E-state index is -1.14. The molecule has 0 aromatic rings.